The van der Waals surface area contributed by atoms with Gasteiger partial charge in [-0.2, -0.15) is 0 Å². The van der Waals surface area contributed by atoms with E-state index in [2.05, 4.69) is 0 Å². The van der Waals surface area contributed by atoms with Crippen molar-refractivity contribution in [1.29, 1.82) is 0 Å². The van der Waals surface area contributed by atoms with E-state index in [4.69, 9.17) is 0 Å². The first-order chi connectivity index (χ1) is 9.45. The van der Waals surface area contributed by atoms with E-state index >= 15 is 0 Å². The Hall–Kier alpha value is 0.177. The van der Waals surface area contributed by atoms with Gasteiger partial charge < -0.3 is 5.48 Å². The highest BCUT2D eigenvalue weighted by Gasteiger charge is 2.38. The number of hydrogen-bond acceptors (Lipinski definition) is 0. The molecule has 118 valence electrons. The predicted octanol–water partition coefficient (Wildman–Crippen LogP) is 5.39. The van der Waals surface area contributed by atoms with Gasteiger partial charge in [-0.25, -0.2) is 0 Å². The molecular weight excluding hydrogens is 260 g/mol. The summed E-state index contributed by atoms with van der Waals surface area (Å²) in [4.78, 5) is 0. The van der Waals surface area contributed by atoms with Crippen LogP contribution in [0.3, 0.4) is 0 Å². The second-order valence-corrected chi connectivity index (χ2v) is 11.8. The fraction of sp³-hybridized carbons (Fsp3) is 1.00. The Bertz CT molecular complexity index is 207. The van der Waals surface area contributed by atoms with Crippen LogP contribution >= 0.6 is 0 Å². The molecule has 3 aliphatic carbocycles. The Balaban J connectivity index is 0.00000147. The Morgan fingerprint density at radius 1 is 0.400 bits per heavy atom. The molecule has 3 saturated carbocycles. The van der Waals surface area contributed by atoms with Crippen LogP contribution in [0.2, 0.25) is 16.6 Å². The van der Waals surface area contributed by atoms with Gasteiger partial charge in [-0.15, -0.1) is 0 Å². The molecule has 0 aromatic carbocycles. The van der Waals surface area contributed by atoms with Gasteiger partial charge in [0.15, 0.2) is 0 Å². The van der Waals surface area contributed by atoms with Gasteiger partial charge in [0.1, 0.15) is 0 Å². The van der Waals surface area contributed by atoms with Crippen molar-refractivity contribution in [3.63, 3.8) is 0 Å². The molecule has 0 spiro atoms. The molecule has 20 heavy (non-hydrogen) atoms. The summed E-state index contributed by atoms with van der Waals surface area (Å²) >= 11 is 0. The summed E-state index contributed by atoms with van der Waals surface area (Å²) in [7, 11) is -0.478. The quantitative estimate of drug-likeness (QED) is 0.625. The van der Waals surface area contributed by atoms with Gasteiger partial charge in [0.05, 0.1) is 0 Å². The second kappa shape index (κ2) is 8.58. The molecule has 2 heteroatoms. The van der Waals surface area contributed by atoms with Gasteiger partial charge in [0.25, 0.3) is 0 Å². The fourth-order valence-corrected chi connectivity index (χ4v) is 11.7. The van der Waals surface area contributed by atoms with Crippen molar-refractivity contribution >= 4 is 8.80 Å². The molecule has 0 heterocycles. The molecule has 3 aliphatic rings. The van der Waals surface area contributed by atoms with E-state index in [0.29, 0.717) is 0 Å². The highest BCUT2D eigenvalue weighted by molar-refractivity contribution is 6.63. The normalized spacial score (nSPS) is 27.4. The average molecular weight is 297 g/mol. The molecule has 0 amide bonds. The monoisotopic (exact) mass is 296 g/mol. The van der Waals surface area contributed by atoms with Crippen LogP contribution in [0.25, 0.3) is 0 Å². The molecule has 0 unspecified atom stereocenters. The zero-order chi connectivity index (χ0) is 12.9. The predicted molar refractivity (Wildman–Crippen MR) is 91.3 cm³/mol. The lowest BCUT2D eigenvalue weighted by Gasteiger charge is -2.42. The Morgan fingerprint density at radius 3 is 0.900 bits per heavy atom. The van der Waals surface area contributed by atoms with Gasteiger partial charge in [0, 0.05) is 8.80 Å². The summed E-state index contributed by atoms with van der Waals surface area (Å²) < 4.78 is 0. The summed E-state index contributed by atoms with van der Waals surface area (Å²) in [5.41, 5.74) is 3.79. The lowest BCUT2D eigenvalue weighted by Crippen LogP contribution is -2.35. The lowest BCUT2D eigenvalue weighted by molar-refractivity contribution is 0.429. The zero-order valence-electron chi connectivity index (χ0n) is 13.4. The van der Waals surface area contributed by atoms with E-state index in [1.165, 1.54) is 16.6 Å². The first kappa shape index (κ1) is 16.5. The van der Waals surface area contributed by atoms with E-state index in [1.54, 1.807) is 96.3 Å². The summed E-state index contributed by atoms with van der Waals surface area (Å²) in [6.45, 7) is 0. The van der Waals surface area contributed by atoms with Crippen LogP contribution in [0.15, 0.2) is 0 Å². The third kappa shape index (κ3) is 4.10. The summed E-state index contributed by atoms with van der Waals surface area (Å²) in [5.74, 6) is 0. The summed E-state index contributed by atoms with van der Waals surface area (Å²) in [5, 5.41) is 0. The van der Waals surface area contributed by atoms with E-state index < -0.39 is 8.80 Å². The minimum Gasteiger partial charge on any atom is -0.412 e. The first-order valence-electron chi connectivity index (χ1n) is 9.45. The topological polar surface area (TPSA) is 31.5 Å². The third-order valence-electron chi connectivity index (χ3n) is 6.58. The minimum absolute atomic E-state index is 0. The van der Waals surface area contributed by atoms with E-state index in [0.717, 1.165) is 0 Å². The van der Waals surface area contributed by atoms with E-state index in [9.17, 15) is 0 Å². The maximum atomic E-state index is 1.64. The SMILES string of the molecule is C1CCC([SiH](C2CCCCC2)C2CCCCC2)CC1.O. The zero-order valence-corrected chi connectivity index (χ0v) is 14.6. The van der Waals surface area contributed by atoms with Gasteiger partial charge >= 0.3 is 0 Å². The van der Waals surface area contributed by atoms with Crippen molar-refractivity contribution < 1.29 is 5.48 Å². The van der Waals surface area contributed by atoms with Crippen molar-refractivity contribution in [3.8, 4) is 0 Å². The number of hydrogen-bond donors (Lipinski definition) is 0. The van der Waals surface area contributed by atoms with Crippen molar-refractivity contribution in [1.82, 2.24) is 0 Å². The smallest absolute Gasteiger partial charge is 0.0461 e. The van der Waals surface area contributed by atoms with Crippen LogP contribution in [-0.4, -0.2) is 14.3 Å². The maximum Gasteiger partial charge on any atom is 0.0461 e. The first-order valence-corrected chi connectivity index (χ1v) is 11.4. The van der Waals surface area contributed by atoms with Crippen LogP contribution in [0.4, 0.5) is 0 Å². The van der Waals surface area contributed by atoms with Crippen molar-refractivity contribution in [3.05, 3.63) is 0 Å². The van der Waals surface area contributed by atoms with Crippen LogP contribution in [-0.2, 0) is 0 Å². The molecule has 1 nitrogen and oxygen atoms in total. The average Bonchev–Trinajstić information content (AvgIpc) is 2.51. The molecular formula is C18H36OSi. The van der Waals surface area contributed by atoms with Crippen molar-refractivity contribution in [2.75, 3.05) is 0 Å². The van der Waals surface area contributed by atoms with Crippen LogP contribution < -0.4 is 0 Å². The summed E-state index contributed by atoms with van der Waals surface area (Å²) in [6, 6.07) is 0. The van der Waals surface area contributed by atoms with Crippen LogP contribution in [0.1, 0.15) is 96.3 Å². The number of rotatable bonds is 3. The van der Waals surface area contributed by atoms with E-state index in [1.807, 2.05) is 0 Å². The Morgan fingerprint density at radius 2 is 0.650 bits per heavy atom. The minimum atomic E-state index is -0.478. The van der Waals surface area contributed by atoms with Crippen LogP contribution in [0, 0.1) is 0 Å². The van der Waals surface area contributed by atoms with Crippen LogP contribution in [0.5, 0.6) is 0 Å². The van der Waals surface area contributed by atoms with E-state index in [-0.39, 0.29) is 5.48 Å². The second-order valence-electron chi connectivity index (χ2n) is 7.77. The van der Waals surface area contributed by atoms with Gasteiger partial charge in [-0.3, -0.25) is 0 Å². The fourth-order valence-electron chi connectivity index (χ4n) is 5.71. The molecule has 0 aliphatic heterocycles. The maximum absolute atomic E-state index is 1.64. The highest BCUT2D eigenvalue weighted by Crippen LogP contribution is 2.49. The van der Waals surface area contributed by atoms with Crippen molar-refractivity contribution in [2.45, 2.75) is 113 Å². The van der Waals surface area contributed by atoms with Gasteiger partial charge in [0.2, 0.25) is 0 Å². The standard InChI is InChI=1S/C18H34Si.H2O/c1-4-10-16(11-5-1)19(17-12-6-2-7-13-17)18-14-8-3-9-15-18;/h16-19H,1-15H2;1H2. The largest absolute Gasteiger partial charge is 0.412 e. The molecule has 3 fully saturated rings. The molecule has 0 radical (unpaired) electrons. The molecule has 3 rings (SSSR count). The summed E-state index contributed by atoms with van der Waals surface area (Å²) in [6.07, 6.45) is 24.0. The molecule has 0 aromatic heterocycles. The van der Waals surface area contributed by atoms with Gasteiger partial charge in [-0.05, 0) is 16.6 Å². The lowest BCUT2D eigenvalue weighted by atomic mass is 9.98. The van der Waals surface area contributed by atoms with Crippen molar-refractivity contribution in [2.24, 2.45) is 0 Å². The third-order valence-corrected chi connectivity index (χ3v) is 11.8. The molecule has 0 atom stereocenters. The Labute approximate surface area is 127 Å². The molecule has 0 saturated heterocycles. The highest BCUT2D eigenvalue weighted by atomic mass is 28.3. The van der Waals surface area contributed by atoms with Gasteiger partial charge in [-0.1, -0.05) is 96.3 Å². The molecule has 0 bridgehead atoms. The molecule has 2 N–H and O–H groups in total. The molecule has 0 aromatic rings. The Kier molecular flexibility index (Phi) is 7.10.